The molecule has 0 aliphatic carbocycles. The van der Waals surface area contributed by atoms with Gasteiger partial charge in [-0.05, 0) is 5.28 Å². The van der Waals surface area contributed by atoms with Crippen molar-refractivity contribution in [1.29, 1.82) is 0 Å². The van der Waals surface area contributed by atoms with E-state index in [0.29, 0.717) is 13.1 Å². The summed E-state index contributed by atoms with van der Waals surface area (Å²) in [6, 6.07) is 0. The fourth-order valence-electron chi connectivity index (χ4n) is 0.849. The van der Waals surface area contributed by atoms with Crippen LogP contribution < -0.4 is 29.6 Å². The first-order valence-electron chi connectivity index (χ1n) is 2.94. The van der Waals surface area contributed by atoms with Gasteiger partial charge in [0, 0.05) is 17.5 Å². The van der Waals surface area contributed by atoms with Crippen molar-refractivity contribution in [2.24, 2.45) is 11.2 Å². The quantitative estimate of drug-likeness (QED) is 0.199. The molecule has 1 fully saturated rings. The van der Waals surface area contributed by atoms with E-state index in [1.54, 1.807) is 0 Å². The molecule has 1 aliphatic rings. The third kappa shape index (κ3) is 2.48. The minimum atomic E-state index is 0. The molecular formula is C4H8N3NaO3. The summed E-state index contributed by atoms with van der Waals surface area (Å²) in [5.41, 5.74) is 0. The van der Waals surface area contributed by atoms with Crippen LogP contribution in [0.3, 0.4) is 0 Å². The molecule has 0 spiro atoms. The second-order valence-corrected chi connectivity index (χ2v) is 2.25. The van der Waals surface area contributed by atoms with E-state index >= 15 is 0 Å². The van der Waals surface area contributed by atoms with Crippen molar-refractivity contribution in [2.75, 3.05) is 19.7 Å². The fourth-order valence-corrected chi connectivity index (χ4v) is 0.849. The van der Waals surface area contributed by atoms with Gasteiger partial charge < -0.3 is 15.5 Å². The third-order valence-corrected chi connectivity index (χ3v) is 1.51. The zero-order chi connectivity index (χ0) is 7.56. The van der Waals surface area contributed by atoms with Gasteiger partial charge >= 0.3 is 29.6 Å². The summed E-state index contributed by atoms with van der Waals surface area (Å²) in [5.74, 6) is 0.123. The standard InChI is InChI=1S/C4H9N3O3.Na/c8-3-4-1-6(2-4)7(10)5-9;/h4,8-9H,1-3H2;/q;+1/p-1/b7-5+;. The Morgan fingerprint density at radius 2 is 2.18 bits per heavy atom. The van der Waals surface area contributed by atoms with Crippen LogP contribution in [0.25, 0.3) is 0 Å². The molecule has 1 aliphatic heterocycles. The van der Waals surface area contributed by atoms with Gasteiger partial charge in [0.05, 0.1) is 13.1 Å². The Balaban J connectivity index is 0.000001000. The third-order valence-electron chi connectivity index (χ3n) is 1.51. The first-order valence-corrected chi connectivity index (χ1v) is 2.94. The van der Waals surface area contributed by atoms with Gasteiger partial charge in [-0.2, -0.15) is 0 Å². The van der Waals surface area contributed by atoms with Crippen LogP contribution in [0.2, 0.25) is 0 Å². The molecule has 0 bridgehead atoms. The second-order valence-electron chi connectivity index (χ2n) is 2.25. The van der Waals surface area contributed by atoms with Gasteiger partial charge in [-0.25, -0.2) is 0 Å². The van der Waals surface area contributed by atoms with Crippen molar-refractivity contribution < 1.29 is 39.6 Å². The molecule has 0 atom stereocenters. The van der Waals surface area contributed by atoms with E-state index in [9.17, 15) is 10.4 Å². The van der Waals surface area contributed by atoms with E-state index in [2.05, 4.69) is 5.28 Å². The summed E-state index contributed by atoms with van der Waals surface area (Å²) in [4.78, 5) is 0.00611. The number of aliphatic hydroxyl groups is 1. The van der Waals surface area contributed by atoms with Gasteiger partial charge in [-0.15, -0.1) is 5.01 Å². The van der Waals surface area contributed by atoms with Gasteiger partial charge in [-0.3, -0.25) is 0 Å². The molecule has 0 aromatic rings. The van der Waals surface area contributed by atoms with E-state index in [1.807, 2.05) is 0 Å². The van der Waals surface area contributed by atoms with Crippen LogP contribution in [0.5, 0.6) is 0 Å². The Bertz CT molecular complexity index is 148. The predicted molar refractivity (Wildman–Crippen MR) is 31.6 cm³/mol. The average Bonchev–Trinajstić information content (AvgIpc) is 1.85. The van der Waals surface area contributed by atoms with Gasteiger partial charge in [-0.1, -0.05) is 0 Å². The van der Waals surface area contributed by atoms with Crippen LogP contribution in [-0.4, -0.2) is 34.8 Å². The maximum absolute atomic E-state index is 10.3. The van der Waals surface area contributed by atoms with Gasteiger partial charge in [0.25, 0.3) is 0 Å². The molecule has 11 heavy (non-hydrogen) atoms. The normalized spacial score (nSPS) is 19.0. The molecule has 0 unspecified atom stereocenters. The van der Waals surface area contributed by atoms with Crippen LogP contribution in [-0.2, 0) is 0 Å². The monoisotopic (exact) mass is 169 g/mol. The number of hydrazine groups is 1. The van der Waals surface area contributed by atoms with Crippen LogP contribution in [0.1, 0.15) is 0 Å². The van der Waals surface area contributed by atoms with E-state index in [1.165, 1.54) is 5.01 Å². The molecule has 0 amide bonds. The van der Waals surface area contributed by atoms with E-state index in [-0.39, 0.29) is 47.1 Å². The second kappa shape index (κ2) is 4.76. The molecule has 1 rings (SSSR count). The van der Waals surface area contributed by atoms with Crippen molar-refractivity contribution in [3.8, 4) is 0 Å². The zero-order valence-electron chi connectivity index (χ0n) is 6.30. The molecule has 58 valence electrons. The average molecular weight is 169 g/mol. The molecule has 0 radical (unpaired) electrons. The Labute approximate surface area is 85.9 Å². The summed E-state index contributed by atoms with van der Waals surface area (Å²) >= 11 is 0. The number of nitrogens with zero attached hydrogens (tertiary/aromatic N) is 3. The van der Waals surface area contributed by atoms with E-state index in [0.717, 1.165) is 0 Å². The first kappa shape index (κ1) is 11.0. The first-order chi connectivity index (χ1) is 4.77. The van der Waals surface area contributed by atoms with Crippen LogP contribution in [0, 0.1) is 16.3 Å². The Morgan fingerprint density at radius 3 is 2.55 bits per heavy atom. The number of aliphatic hydroxyl groups excluding tert-OH is 1. The van der Waals surface area contributed by atoms with Crippen molar-refractivity contribution in [2.45, 2.75) is 0 Å². The summed E-state index contributed by atoms with van der Waals surface area (Å²) in [6.07, 6.45) is 0. The maximum Gasteiger partial charge on any atom is 1.00 e. The molecule has 7 heteroatoms. The minimum absolute atomic E-state index is 0. The van der Waals surface area contributed by atoms with Crippen molar-refractivity contribution in [3.05, 3.63) is 10.4 Å². The smallest absolute Gasteiger partial charge is 0.737 e. The Hall–Kier alpha value is -0.0400. The molecule has 0 saturated carbocycles. The SMILES string of the molecule is [Na+].[O-]/N=[N+](/[O-])N1CC(CO)C1. The largest absolute Gasteiger partial charge is 1.00 e. The van der Waals surface area contributed by atoms with Crippen molar-refractivity contribution in [1.82, 2.24) is 5.01 Å². The van der Waals surface area contributed by atoms with E-state index < -0.39 is 0 Å². The van der Waals surface area contributed by atoms with Crippen LogP contribution in [0.4, 0.5) is 0 Å². The van der Waals surface area contributed by atoms with Gasteiger partial charge in [0.1, 0.15) is 0 Å². The van der Waals surface area contributed by atoms with E-state index in [4.69, 9.17) is 5.11 Å². The topological polar surface area (TPSA) is 85.0 Å². The Morgan fingerprint density at radius 1 is 1.64 bits per heavy atom. The molecule has 0 aromatic heterocycles. The summed E-state index contributed by atoms with van der Waals surface area (Å²) in [6.45, 7) is 0.903. The molecule has 6 nitrogen and oxygen atoms in total. The van der Waals surface area contributed by atoms with Crippen LogP contribution >= 0.6 is 0 Å². The van der Waals surface area contributed by atoms with Gasteiger partial charge in [0.2, 0.25) is 0 Å². The minimum Gasteiger partial charge on any atom is -0.737 e. The number of rotatable bonds is 2. The molecule has 1 N–H and O–H groups in total. The maximum atomic E-state index is 10.3. The Kier molecular flexibility index (Phi) is 4.74. The summed E-state index contributed by atoms with van der Waals surface area (Å²) in [7, 11) is 0. The molecule has 1 heterocycles. The summed E-state index contributed by atoms with van der Waals surface area (Å²) < 4.78 is 0. The molecule has 1 saturated heterocycles. The molecule has 0 aromatic carbocycles. The van der Waals surface area contributed by atoms with Crippen molar-refractivity contribution in [3.63, 3.8) is 0 Å². The summed E-state index contributed by atoms with van der Waals surface area (Å²) in [5, 5.41) is 31.8. The predicted octanol–water partition coefficient (Wildman–Crippen LogP) is -3.71. The van der Waals surface area contributed by atoms with Gasteiger partial charge in [0.15, 0.2) is 0 Å². The van der Waals surface area contributed by atoms with Crippen molar-refractivity contribution >= 4 is 0 Å². The molecular weight excluding hydrogens is 161 g/mol. The zero-order valence-corrected chi connectivity index (χ0v) is 8.30. The fraction of sp³-hybridized carbons (Fsp3) is 1.00. The number of hydrogen-bond donors (Lipinski definition) is 1. The van der Waals surface area contributed by atoms with Crippen LogP contribution in [0.15, 0.2) is 5.28 Å². The number of hydrogen-bond acceptors (Lipinski definition) is 4.